The van der Waals surface area contributed by atoms with Crippen LogP contribution in [0.1, 0.15) is 5.69 Å². The van der Waals surface area contributed by atoms with Crippen molar-refractivity contribution in [2.45, 2.75) is 6.61 Å². The average molecular weight is 453 g/mol. The molecule has 0 unspecified atom stereocenters. The van der Waals surface area contributed by atoms with Gasteiger partial charge in [0.25, 0.3) is 0 Å². The molecule has 0 aliphatic heterocycles. The first-order chi connectivity index (χ1) is 11.7. The van der Waals surface area contributed by atoms with Crippen LogP contribution in [0.2, 0.25) is 0 Å². The fourth-order valence-corrected chi connectivity index (χ4v) is 3.64. The van der Waals surface area contributed by atoms with Gasteiger partial charge in [-0.25, -0.2) is 4.98 Å². The van der Waals surface area contributed by atoms with Gasteiger partial charge in [0.05, 0.1) is 29.0 Å². The van der Waals surface area contributed by atoms with Crippen molar-refractivity contribution in [1.82, 2.24) is 4.98 Å². The number of hydrogen-bond acceptors (Lipinski definition) is 5. The van der Waals surface area contributed by atoms with E-state index in [0.717, 1.165) is 25.6 Å². The van der Waals surface area contributed by atoms with Crippen molar-refractivity contribution in [1.29, 1.82) is 0 Å². The van der Waals surface area contributed by atoms with Gasteiger partial charge in [0.1, 0.15) is 17.4 Å². The number of thiazole rings is 1. The summed E-state index contributed by atoms with van der Waals surface area (Å²) < 4.78 is 17.8. The molecule has 3 aromatic rings. The maximum absolute atomic E-state index is 5.85. The first-order valence-corrected chi connectivity index (χ1v) is 9.22. The molecule has 124 valence electrons. The van der Waals surface area contributed by atoms with E-state index in [9.17, 15) is 0 Å². The Morgan fingerprint density at radius 2 is 1.79 bits per heavy atom. The fraction of sp³-hybridized carbons (Fsp3) is 0.167. The van der Waals surface area contributed by atoms with Crippen LogP contribution >= 0.6 is 33.9 Å². The Morgan fingerprint density at radius 3 is 2.54 bits per heavy atom. The van der Waals surface area contributed by atoms with Crippen LogP contribution in [0, 0.1) is 3.57 Å². The lowest BCUT2D eigenvalue weighted by Crippen LogP contribution is -1.97. The molecule has 0 radical (unpaired) electrons. The van der Waals surface area contributed by atoms with Crippen LogP contribution in [-0.4, -0.2) is 19.2 Å². The standard InChI is InChI=1S/C18H16INO3S/c1-21-16-9-5-6-13(17(16)22-2)18-20-12(11-24-18)10-23-15-8-4-3-7-14(15)19/h3-9,11H,10H2,1-2H3. The molecule has 0 bridgehead atoms. The summed E-state index contributed by atoms with van der Waals surface area (Å²) in [5.41, 5.74) is 1.81. The van der Waals surface area contributed by atoms with Crippen LogP contribution < -0.4 is 14.2 Å². The second-order valence-corrected chi connectivity index (χ2v) is 6.92. The second kappa shape index (κ2) is 7.85. The van der Waals surface area contributed by atoms with E-state index >= 15 is 0 Å². The molecule has 6 heteroatoms. The Morgan fingerprint density at radius 1 is 1.00 bits per heavy atom. The van der Waals surface area contributed by atoms with Crippen molar-refractivity contribution >= 4 is 33.9 Å². The third kappa shape index (κ3) is 3.64. The summed E-state index contributed by atoms with van der Waals surface area (Å²) in [6.07, 6.45) is 0. The first kappa shape index (κ1) is 17.0. The number of halogens is 1. The number of aromatic nitrogens is 1. The van der Waals surface area contributed by atoms with E-state index in [4.69, 9.17) is 14.2 Å². The summed E-state index contributed by atoms with van der Waals surface area (Å²) in [7, 11) is 3.26. The summed E-state index contributed by atoms with van der Waals surface area (Å²) in [4.78, 5) is 4.66. The van der Waals surface area contributed by atoms with Crippen LogP contribution in [-0.2, 0) is 6.61 Å². The molecule has 24 heavy (non-hydrogen) atoms. The molecule has 0 N–H and O–H groups in total. The highest BCUT2D eigenvalue weighted by Gasteiger charge is 2.14. The molecule has 2 aromatic carbocycles. The van der Waals surface area contributed by atoms with E-state index in [-0.39, 0.29) is 0 Å². The van der Waals surface area contributed by atoms with Crippen LogP contribution in [0.15, 0.2) is 47.8 Å². The van der Waals surface area contributed by atoms with E-state index in [1.807, 2.05) is 47.8 Å². The number of hydrogen-bond donors (Lipinski definition) is 0. The number of nitrogens with zero attached hydrogens (tertiary/aromatic N) is 1. The van der Waals surface area contributed by atoms with Crippen LogP contribution in [0.5, 0.6) is 17.2 Å². The maximum atomic E-state index is 5.85. The zero-order valence-electron chi connectivity index (χ0n) is 13.3. The maximum Gasteiger partial charge on any atom is 0.170 e. The summed E-state index contributed by atoms with van der Waals surface area (Å²) >= 11 is 3.82. The van der Waals surface area contributed by atoms with Crippen molar-refractivity contribution in [2.75, 3.05) is 14.2 Å². The zero-order chi connectivity index (χ0) is 16.9. The summed E-state index contributed by atoms with van der Waals surface area (Å²) in [5.74, 6) is 2.26. The Hall–Kier alpha value is -1.80. The predicted octanol–water partition coefficient (Wildman–Crippen LogP) is 5.01. The van der Waals surface area contributed by atoms with E-state index in [1.54, 1.807) is 25.6 Å². The molecule has 4 nitrogen and oxygen atoms in total. The van der Waals surface area contributed by atoms with E-state index in [0.29, 0.717) is 18.1 Å². The van der Waals surface area contributed by atoms with E-state index in [1.165, 1.54) is 0 Å². The number of methoxy groups -OCH3 is 2. The summed E-state index contributed by atoms with van der Waals surface area (Å²) in [6, 6.07) is 13.7. The highest BCUT2D eigenvalue weighted by Crippen LogP contribution is 2.39. The number of ether oxygens (including phenoxy) is 3. The molecule has 0 atom stereocenters. The number of rotatable bonds is 6. The van der Waals surface area contributed by atoms with Crippen molar-refractivity contribution < 1.29 is 14.2 Å². The smallest absolute Gasteiger partial charge is 0.170 e. The molecule has 0 amide bonds. The predicted molar refractivity (Wildman–Crippen MR) is 104 cm³/mol. The molecule has 0 aliphatic rings. The van der Waals surface area contributed by atoms with E-state index in [2.05, 4.69) is 27.6 Å². The molecule has 1 aromatic heterocycles. The lowest BCUT2D eigenvalue weighted by atomic mass is 10.2. The summed E-state index contributed by atoms with van der Waals surface area (Å²) in [6.45, 7) is 0.433. The number of benzene rings is 2. The van der Waals surface area contributed by atoms with Crippen molar-refractivity contribution in [2.24, 2.45) is 0 Å². The molecular weight excluding hydrogens is 437 g/mol. The SMILES string of the molecule is COc1cccc(-c2nc(COc3ccccc3I)cs2)c1OC. The van der Waals surface area contributed by atoms with Crippen LogP contribution in [0.25, 0.3) is 10.6 Å². The van der Waals surface area contributed by atoms with Gasteiger partial charge in [-0.1, -0.05) is 18.2 Å². The highest BCUT2D eigenvalue weighted by molar-refractivity contribution is 14.1. The zero-order valence-corrected chi connectivity index (χ0v) is 16.3. The Labute approximate surface area is 158 Å². The topological polar surface area (TPSA) is 40.6 Å². The molecule has 0 saturated heterocycles. The van der Waals surface area contributed by atoms with Gasteiger partial charge >= 0.3 is 0 Å². The quantitative estimate of drug-likeness (QED) is 0.492. The first-order valence-electron chi connectivity index (χ1n) is 7.26. The van der Waals surface area contributed by atoms with Crippen LogP contribution in [0.4, 0.5) is 0 Å². The Balaban J connectivity index is 1.80. The van der Waals surface area contributed by atoms with Gasteiger partial charge < -0.3 is 14.2 Å². The lowest BCUT2D eigenvalue weighted by Gasteiger charge is -2.10. The molecule has 3 rings (SSSR count). The minimum atomic E-state index is 0.433. The third-order valence-electron chi connectivity index (χ3n) is 3.40. The Bertz CT molecular complexity index is 835. The second-order valence-electron chi connectivity index (χ2n) is 4.90. The number of para-hydroxylation sites is 2. The monoisotopic (exact) mass is 453 g/mol. The molecular formula is C18H16INO3S. The molecule has 0 fully saturated rings. The van der Waals surface area contributed by atoms with Gasteiger partial charge in [0, 0.05) is 5.38 Å². The normalized spacial score (nSPS) is 10.5. The van der Waals surface area contributed by atoms with Crippen LogP contribution in [0.3, 0.4) is 0 Å². The van der Waals surface area contributed by atoms with Gasteiger partial charge in [0.2, 0.25) is 0 Å². The van der Waals surface area contributed by atoms with Gasteiger partial charge in [0.15, 0.2) is 11.5 Å². The lowest BCUT2D eigenvalue weighted by molar-refractivity contribution is 0.300. The average Bonchev–Trinajstić information content (AvgIpc) is 3.09. The highest BCUT2D eigenvalue weighted by atomic mass is 127. The van der Waals surface area contributed by atoms with Gasteiger partial charge in [-0.05, 0) is 46.9 Å². The Kier molecular flexibility index (Phi) is 5.57. The summed E-state index contributed by atoms with van der Waals surface area (Å²) in [5, 5.41) is 2.89. The molecule has 0 aliphatic carbocycles. The molecule has 0 saturated carbocycles. The fourth-order valence-electron chi connectivity index (χ4n) is 2.27. The molecule has 0 spiro atoms. The van der Waals surface area contributed by atoms with Crippen molar-refractivity contribution in [3.05, 3.63) is 57.1 Å². The van der Waals surface area contributed by atoms with Crippen molar-refractivity contribution in [3.63, 3.8) is 0 Å². The van der Waals surface area contributed by atoms with Gasteiger partial charge in [-0.3, -0.25) is 0 Å². The van der Waals surface area contributed by atoms with E-state index < -0.39 is 0 Å². The largest absolute Gasteiger partial charge is 0.493 e. The van der Waals surface area contributed by atoms with Gasteiger partial charge in [-0.2, -0.15) is 0 Å². The van der Waals surface area contributed by atoms with Crippen molar-refractivity contribution in [3.8, 4) is 27.8 Å². The minimum Gasteiger partial charge on any atom is -0.493 e. The minimum absolute atomic E-state index is 0.433. The van der Waals surface area contributed by atoms with Gasteiger partial charge in [-0.15, -0.1) is 11.3 Å². The third-order valence-corrected chi connectivity index (χ3v) is 5.21. The molecule has 1 heterocycles.